The maximum Gasteiger partial charge on any atom is 0.242 e. The van der Waals surface area contributed by atoms with Crippen LogP contribution in [-0.2, 0) is 9.84 Å². The summed E-state index contributed by atoms with van der Waals surface area (Å²) in [5.41, 5.74) is 0.888. The summed E-state index contributed by atoms with van der Waals surface area (Å²) in [7, 11) is -3.63. The van der Waals surface area contributed by atoms with Crippen LogP contribution in [0.1, 0.15) is 5.69 Å². The number of pyridine rings is 1. The summed E-state index contributed by atoms with van der Waals surface area (Å²) in [6, 6.07) is 1.44. The van der Waals surface area contributed by atoms with E-state index in [0.717, 1.165) is 10.2 Å². The van der Waals surface area contributed by atoms with Crippen molar-refractivity contribution in [2.75, 3.05) is 6.26 Å². The summed E-state index contributed by atoms with van der Waals surface area (Å²) in [5, 5.41) is -0.0538. The zero-order valence-corrected chi connectivity index (χ0v) is 11.2. The minimum atomic E-state index is -3.63. The first-order valence-electron chi connectivity index (χ1n) is 4.39. The highest BCUT2D eigenvalue weighted by Gasteiger charge is 2.21. The molecule has 0 aromatic carbocycles. The van der Waals surface area contributed by atoms with Crippen molar-refractivity contribution in [3.05, 3.63) is 16.8 Å². The molecule has 0 saturated carbocycles. The first-order chi connectivity index (χ1) is 7.84. The average Bonchev–Trinajstić information content (AvgIpc) is 2.56. The van der Waals surface area contributed by atoms with Gasteiger partial charge in [0.05, 0.1) is 10.7 Å². The molecule has 2 aromatic rings. The van der Waals surface area contributed by atoms with Crippen LogP contribution in [0.25, 0.3) is 11.2 Å². The number of aromatic nitrogens is 3. The molecule has 0 radical (unpaired) electrons. The molecule has 0 amide bonds. The minimum Gasteiger partial charge on any atom is -0.230 e. The SMILES string of the molecule is Cc1nc2nc(S(C)(=O)=O)n(SF)c2cc1Cl. The third kappa shape index (κ3) is 2.12. The van der Waals surface area contributed by atoms with Crippen LogP contribution in [0.5, 0.6) is 0 Å². The lowest BCUT2D eigenvalue weighted by Crippen LogP contribution is -2.03. The van der Waals surface area contributed by atoms with E-state index in [1.165, 1.54) is 6.07 Å². The number of nitrogens with zero attached hydrogens (tertiary/aromatic N) is 3. The summed E-state index contributed by atoms with van der Waals surface area (Å²) >= 11 is 5.60. The second-order valence-electron chi connectivity index (χ2n) is 3.43. The van der Waals surface area contributed by atoms with E-state index in [2.05, 4.69) is 9.97 Å². The molecule has 0 bridgehead atoms. The fourth-order valence-electron chi connectivity index (χ4n) is 1.33. The van der Waals surface area contributed by atoms with E-state index in [-0.39, 0.29) is 28.7 Å². The van der Waals surface area contributed by atoms with Crippen LogP contribution in [-0.4, -0.2) is 28.6 Å². The van der Waals surface area contributed by atoms with E-state index in [1.807, 2.05) is 0 Å². The van der Waals surface area contributed by atoms with Crippen LogP contribution >= 0.6 is 23.9 Å². The number of hydrogen-bond donors (Lipinski definition) is 0. The Morgan fingerprint density at radius 3 is 2.65 bits per heavy atom. The van der Waals surface area contributed by atoms with Crippen LogP contribution in [0.15, 0.2) is 11.2 Å². The van der Waals surface area contributed by atoms with Crippen molar-refractivity contribution >= 4 is 44.9 Å². The largest absolute Gasteiger partial charge is 0.242 e. The van der Waals surface area contributed by atoms with Gasteiger partial charge in [-0.05, 0) is 13.0 Å². The molecule has 0 spiro atoms. The van der Waals surface area contributed by atoms with E-state index in [9.17, 15) is 12.3 Å². The standard InChI is InChI=1S/C8H7ClFN3O2S2/c1-4-5(9)3-6-7(11-4)12-8(13(6)16-10)17(2,14)15/h3H,1-2H3. The highest BCUT2D eigenvalue weighted by atomic mass is 35.5. The van der Waals surface area contributed by atoms with E-state index >= 15 is 0 Å². The molecule has 0 fully saturated rings. The Bertz CT molecular complexity index is 698. The summed E-state index contributed by atoms with van der Waals surface area (Å²) < 4.78 is 36.5. The zero-order chi connectivity index (χ0) is 12.8. The number of aryl methyl sites for hydroxylation is 1. The Morgan fingerprint density at radius 1 is 1.47 bits per heavy atom. The second kappa shape index (κ2) is 4.11. The molecule has 2 aromatic heterocycles. The van der Waals surface area contributed by atoms with Crippen molar-refractivity contribution in [1.82, 2.24) is 13.9 Å². The third-order valence-corrected chi connectivity index (χ3v) is 4.05. The van der Waals surface area contributed by atoms with Crippen molar-refractivity contribution in [1.29, 1.82) is 0 Å². The molecular weight excluding hydrogens is 289 g/mol. The number of sulfone groups is 1. The summed E-state index contributed by atoms with van der Waals surface area (Å²) in [6.07, 6.45) is 0.954. The molecular formula is C8H7ClFN3O2S2. The van der Waals surface area contributed by atoms with Crippen LogP contribution in [0.3, 0.4) is 0 Å². The molecule has 2 heterocycles. The second-order valence-corrected chi connectivity index (χ2v) is 6.25. The van der Waals surface area contributed by atoms with Crippen molar-refractivity contribution in [3.8, 4) is 0 Å². The van der Waals surface area contributed by atoms with E-state index in [4.69, 9.17) is 11.6 Å². The number of fused-ring (bicyclic) bond motifs is 1. The van der Waals surface area contributed by atoms with Crippen LogP contribution < -0.4 is 0 Å². The van der Waals surface area contributed by atoms with Crippen LogP contribution in [0.4, 0.5) is 3.89 Å². The van der Waals surface area contributed by atoms with Gasteiger partial charge < -0.3 is 0 Å². The van der Waals surface area contributed by atoms with Crippen LogP contribution in [0.2, 0.25) is 5.02 Å². The fraction of sp³-hybridized carbons (Fsp3) is 0.250. The maximum absolute atomic E-state index is 12.8. The molecule has 0 aliphatic rings. The predicted molar refractivity (Wildman–Crippen MR) is 64.5 cm³/mol. The molecule has 0 atom stereocenters. The van der Waals surface area contributed by atoms with Crippen molar-refractivity contribution < 1.29 is 12.3 Å². The normalized spacial score (nSPS) is 12.2. The summed E-state index contributed by atoms with van der Waals surface area (Å²) in [5.74, 6) is 0. The average molecular weight is 296 g/mol. The van der Waals surface area contributed by atoms with Gasteiger partial charge in [0.2, 0.25) is 15.0 Å². The highest BCUT2D eigenvalue weighted by molar-refractivity contribution is 7.94. The zero-order valence-electron chi connectivity index (χ0n) is 8.81. The predicted octanol–water partition coefficient (Wildman–Crippen LogP) is 2.18. The lowest BCUT2D eigenvalue weighted by Gasteiger charge is -2.00. The van der Waals surface area contributed by atoms with Crippen molar-refractivity contribution in [2.45, 2.75) is 12.1 Å². The van der Waals surface area contributed by atoms with E-state index in [0.29, 0.717) is 10.7 Å². The number of rotatable bonds is 2. The first kappa shape index (κ1) is 12.6. The molecule has 0 N–H and O–H groups in total. The summed E-state index contributed by atoms with van der Waals surface area (Å²) in [4.78, 5) is 7.81. The van der Waals surface area contributed by atoms with Gasteiger partial charge in [0, 0.05) is 6.26 Å². The Balaban J connectivity index is 2.90. The molecule has 0 aliphatic heterocycles. The molecule has 2 rings (SSSR count). The van der Waals surface area contributed by atoms with Crippen molar-refractivity contribution in [3.63, 3.8) is 0 Å². The molecule has 5 nitrogen and oxygen atoms in total. The number of halogens is 2. The number of imidazole rings is 1. The van der Waals surface area contributed by atoms with Gasteiger partial charge in [-0.2, -0.15) is 4.98 Å². The van der Waals surface area contributed by atoms with Crippen molar-refractivity contribution in [2.24, 2.45) is 0 Å². The van der Waals surface area contributed by atoms with Gasteiger partial charge >= 0.3 is 0 Å². The topological polar surface area (TPSA) is 64.8 Å². The fourth-order valence-corrected chi connectivity index (χ4v) is 2.93. The van der Waals surface area contributed by atoms with Gasteiger partial charge in [-0.1, -0.05) is 11.6 Å². The molecule has 0 aliphatic carbocycles. The lowest BCUT2D eigenvalue weighted by atomic mass is 10.3. The van der Waals surface area contributed by atoms with Gasteiger partial charge in [0.25, 0.3) is 0 Å². The summed E-state index contributed by atoms with van der Waals surface area (Å²) in [6.45, 7) is 1.66. The third-order valence-electron chi connectivity index (χ3n) is 2.11. The molecule has 17 heavy (non-hydrogen) atoms. The lowest BCUT2D eigenvalue weighted by molar-refractivity contribution is 0.593. The molecule has 0 saturated heterocycles. The smallest absolute Gasteiger partial charge is 0.230 e. The highest BCUT2D eigenvalue weighted by Crippen LogP contribution is 2.27. The van der Waals surface area contributed by atoms with Crippen LogP contribution in [0, 0.1) is 6.92 Å². The Labute approximate surface area is 106 Å². The van der Waals surface area contributed by atoms with Gasteiger partial charge in [0.15, 0.2) is 18.0 Å². The Morgan fingerprint density at radius 2 is 2.12 bits per heavy atom. The quantitative estimate of drug-likeness (QED) is 0.849. The van der Waals surface area contributed by atoms with Gasteiger partial charge in [-0.15, -0.1) is 3.89 Å². The molecule has 0 unspecified atom stereocenters. The van der Waals surface area contributed by atoms with E-state index < -0.39 is 9.84 Å². The van der Waals surface area contributed by atoms with E-state index in [1.54, 1.807) is 6.92 Å². The van der Waals surface area contributed by atoms with Gasteiger partial charge in [-0.25, -0.2) is 17.4 Å². The minimum absolute atomic E-state index is 0.150. The maximum atomic E-state index is 12.8. The number of hydrogen-bond acceptors (Lipinski definition) is 5. The Kier molecular flexibility index (Phi) is 3.04. The molecule has 9 heteroatoms. The molecule has 92 valence electrons. The first-order valence-corrected chi connectivity index (χ1v) is 7.33. The Hall–Kier alpha value is -0.860. The van der Waals surface area contributed by atoms with Gasteiger partial charge in [-0.3, -0.25) is 0 Å². The van der Waals surface area contributed by atoms with Gasteiger partial charge in [0.1, 0.15) is 5.52 Å². The monoisotopic (exact) mass is 295 g/mol.